The van der Waals surface area contributed by atoms with Gasteiger partial charge in [0.2, 0.25) is 0 Å². The monoisotopic (exact) mass is 425 g/mol. The number of alkyl halides is 3. The van der Waals surface area contributed by atoms with Crippen LogP contribution in [0.2, 0.25) is 0 Å². The Bertz CT molecular complexity index is 857. The van der Waals surface area contributed by atoms with Crippen molar-refractivity contribution in [1.82, 2.24) is 10.6 Å². The predicted molar refractivity (Wildman–Crippen MR) is 109 cm³/mol. The summed E-state index contributed by atoms with van der Waals surface area (Å²) in [5, 5.41) is 16.5. The minimum Gasteiger partial charge on any atom is -0.493 e. The molecule has 0 spiro atoms. The lowest BCUT2D eigenvalue weighted by Gasteiger charge is -2.17. The van der Waals surface area contributed by atoms with Gasteiger partial charge >= 0.3 is 6.18 Å². The number of nitrogens with zero attached hydrogens (tertiary/aromatic N) is 1. The number of hydrogen-bond acceptors (Lipinski definition) is 4. The van der Waals surface area contributed by atoms with Crippen LogP contribution in [0.1, 0.15) is 29.7 Å². The van der Waals surface area contributed by atoms with Crippen molar-refractivity contribution in [2.24, 2.45) is 4.99 Å². The molecule has 0 saturated carbocycles. The van der Waals surface area contributed by atoms with Crippen LogP contribution in [0.15, 0.2) is 47.5 Å². The Kier molecular flexibility index (Phi) is 8.35. The third-order valence-corrected chi connectivity index (χ3v) is 4.27. The van der Waals surface area contributed by atoms with Gasteiger partial charge in [-0.25, -0.2) is 4.99 Å². The maximum absolute atomic E-state index is 12.9. The highest BCUT2D eigenvalue weighted by atomic mass is 19.4. The lowest BCUT2D eigenvalue weighted by atomic mass is 10.1. The Morgan fingerprint density at radius 2 is 1.80 bits per heavy atom. The first-order chi connectivity index (χ1) is 14.3. The summed E-state index contributed by atoms with van der Waals surface area (Å²) < 4.78 is 49.0. The summed E-state index contributed by atoms with van der Waals surface area (Å²) in [6.07, 6.45) is -5.26. The number of aliphatic imine (C=N–C) groups is 1. The number of benzene rings is 2. The molecule has 1 atom stereocenters. The number of methoxy groups -OCH3 is 2. The molecule has 2 aromatic rings. The molecule has 3 N–H and O–H groups in total. The Hall–Kier alpha value is -2.94. The predicted octanol–water partition coefficient (Wildman–Crippen LogP) is 3.51. The largest absolute Gasteiger partial charge is 0.493 e. The lowest BCUT2D eigenvalue weighted by molar-refractivity contribution is -0.137. The first kappa shape index (κ1) is 23.3. The Balaban J connectivity index is 2.05. The van der Waals surface area contributed by atoms with Crippen LogP contribution < -0.4 is 20.1 Å². The van der Waals surface area contributed by atoms with E-state index < -0.39 is 17.8 Å². The van der Waals surface area contributed by atoms with Gasteiger partial charge in [-0.15, -0.1) is 0 Å². The maximum atomic E-state index is 12.9. The second-order valence-corrected chi connectivity index (χ2v) is 6.40. The van der Waals surface area contributed by atoms with E-state index in [-0.39, 0.29) is 13.1 Å². The summed E-state index contributed by atoms with van der Waals surface area (Å²) in [5.74, 6) is 1.44. The fourth-order valence-corrected chi connectivity index (χ4v) is 2.73. The van der Waals surface area contributed by atoms with Gasteiger partial charge in [0.15, 0.2) is 17.5 Å². The first-order valence-electron chi connectivity index (χ1n) is 9.36. The van der Waals surface area contributed by atoms with Gasteiger partial charge in [0.1, 0.15) is 0 Å². The number of hydrogen-bond donors (Lipinski definition) is 3. The molecule has 6 nitrogen and oxygen atoms in total. The van der Waals surface area contributed by atoms with Gasteiger partial charge in [-0.05, 0) is 42.3 Å². The summed E-state index contributed by atoms with van der Waals surface area (Å²) in [7, 11) is 3.04. The minimum absolute atomic E-state index is 0.0612. The van der Waals surface area contributed by atoms with Crippen molar-refractivity contribution in [3.8, 4) is 11.5 Å². The average molecular weight is 425 g/mol. The second-order valence-electron chi connectivity index (χ2n) is 6.40. The molecule has 2 aromatic carbocycles. The third-order valence-electron chi connectivity index (χ3n) is 4.27. The van der Waals surface area contributed by atoms with E-state index in [2.05, 4.69) is 15.6 Å². The molecular weight excluding hydrogens is 399 g/mol. The normalized spacial score (nSPS) is 13.0. The molecule has 0 heterocycles. The van der Waals surface area contributed by atoms with Crippen molar-refractivity contribution >= 4 is 5.96 Å². The molecule has 30 heavy (non-hydrogen) atoms. The molecule has 0 aromatic heterocycles. The third kappa shape index (κ3) is 6.55. The molecule has 0 bridgehead atoms. The molecule has 0 amide bonds. The number of ether oxygens (including phenoxy) is 2. The minimum atomic E-state index is -4.40. The van der Waals surface area contributed by atoms with E-state index in [1.807, 2.05) is 6.92 Å². The quantitative estimate of drug-likeness (QED) is 0.446. The van der Waals surface area contributed by atoms with E-state index in [4.69, 9.17) is 9.47 Å². The molecule has 164 valence electrons. The number of aliphatic hydroxyl groups excluding tert-OH is 1. The van der Waals surface area contributed by atoms with Crippen molar-refractivity contribution in [2.75, 3.05) is 27.3 Å². The highest BCUT2D eigenvalue weighted by Gasteiger charge is 2.30. The van der Waals surface area contributed by atoms with E-state index in [0.29, 0.717) is 35.1 Å². The zero-order valence-corrected chi connectivity index (χ0v) is 17.1. The Labute approximate surface area is 173 Å². The number of halogens is 3. The molecular formula is C21H26F3N3O3. The van der Waals surface area contributed by atoms with Crippen LogP contribution in [0.5, 0.6) is 11.5 Å². The average Bonchev–Trinajstić information content (AvgIpc) is 2.74. The number of nitrogens with one attached hydrogen (secondary N) is 2. The van der Waals surface area contributed by atoms with Crippen LogP contribution in [0, 0.1) is 0 Å². The molecule has 0 aliphatic carbocycles. The molecule has 9 heteroatoms. The van der Waals surface area contributed by atoms with Gasteiger partial charge in [0.25, 0.3) is 0 Å². The summed E-state index contributed by atoms with van der Waals surface area (Å²) in [6, 6.07) is 10.1. The Morgan fingerprint density at radius 1 is 1.07 bits per heavy atom. The molecule has 0 saturated heterocycles. The molecule has 0 fully saturated rings. The fraction of sp³-hybridized carbons (Fsp3) is 0.381. The van der Waals surface area contributed by atoms with E-state index in [1.165, 1.54) is 20.3 Å². The van der Waals surface area contributed by atoms with Crippen LogP contribution in [-0.4, -0.2) is 38.4 Å². The van der Waals surface area contributed by atoms with Crippen LogP contribution >= 0.6 is 0 Å². The summed E-state index contributed by atoms with van der Waals surface area (Å²) in [6.45, 7) is 2.63. The number of guanidine groups is 1. The van der Waals surface area contributed by atoms with Gasteiger partial charge in [-0.1, -0.05) is 18.2 Å². The summed E-state index contributed by atoms with van der Waals surface area (Å²) in [4.78, 5) is 4.30. The van der Waals surface area contributed by atoms with Crippen LogP contribution in [0.3, 0.4) is 0 Å². The smallest absolute Gasteiger partial charge is 0.416 e. The van der Waals surface area contributed by atoms with E-state index in [1.54, 1.807) is 24.3 Å². The number of aliphatic hydroxyl groups is 1. The highest BCUT2D eigenvalue weighted by Crippen LogP contribution is 2.30. The van der Waals surface area contributed by atoms with Gasteiger partial charge in [0.05, 0.1) is 32.4 Å². The van der Waals surface area contributed by atoms with Crippen LogP contribution in [0.25, 0.3) is 0 Å². The van der Waals surface area contributed by atoms with Crippen molar-refractivity contribution < 1.29 is 27.8 Å². The maximum Gasteiger partial charge on any atom is 0.416 e. The molecule has 2 rings (SSSR count). The SMILES string of the molecule is CCNC(=NCc1cccc(C(F)(F)F)c1)NCC(O)c1ccc(OC)c(OC)c1. The van der Waals surface area contributed by atoms with Crippen molar-refractivity contribution in [3.05, 3.63) is 59.2 Å². The van der Waals surface area contributed by atoms with Crippen molar-refractivity contribution in [1.29, 1.82) is 0 Å². The highest BCUT2D eigenvalue weighted by molar-refractivity contribution is 5.79. The van der Waals surface area contributed by atoms with Gasteiger partial charge in [-0.3, -0.25) is 0 Å². The summed E-state index contributed by atoms with van der Waals surface area (Å²) in [5.41, 5.74) is 0.341. The standard InChI is InChI=1S/C21H26F3N3O3/c1-4-25-20(26-12-14-6-5-7-16(10-14)21(22,23)24)27-13-17(28)15-8-9-18(29-2)19(11-15)30-3/h5-11,17,28H,4,12-13H2,1-3H3,(H2,25,26,27). The zero-order chi connectivity index (χ0) is 22.1. The Morgan fingerprint density at radius 3 is 2.43 bits per heavy atom. The molecule has 0 radical (unpaired) electrons. The van der Waals surface area contributed by atoms with E-state index >= 15 is 0 Å². The number of rotatable bonds is 8. The molecule has 0 aliphatic rings. The van der Waals surface area contributed by atoms with Crippen LogP contribution in [0.4, 0.5) is 13.2 Å². The lowest BCUT2D eigenvalue weighted by Crippen LogP contribution is -2.39. The summed E-state index contributed by atoms with van der Waals surface area (Å²) >= 11 is 0. The zero-order valence-electron chi connectivity index (χ0n) is 17.1. The van der Waals surface area contributed by atoms with Gasteiger partial charge < -0.3 is 25.2 Å². The molecule has 1 unspecified atom stereocenters. The van der Waals surface area contributed by atoms with Gasteiger partial charge in [0, 0.05) is 13.1 Å². The van der Waals surface area contributed by atoms with Crippen LogP contribution in [-0.2, 0) is 12.7 Å². The van der Waals surface area contributed by atoms with Crippen molar-refractivity contribution in [2.45, 2.75) is 25.7 Å². The van der Waals surface area contributed by atoms with Gasteiger partial charge in [-0.2, -0.15) is 13.2 Å². The topological polar surface area (TPSA) is 75.1 Å². The van der Waals surface area contributed by atoms with Crippen molar-refractivity contribution in [3.63, 3.8) is 0 Å². The first-order valence-corrected chi connectivity index (χ1v) is 9.36. The molecule has 0 aliphatic heterocycles. The second kappa shape index (κ2) is 10.7. The fourth-order valence-electron chi connectivity index (χ4n) is 2.73. The van der Waals surface area contributed by atoms with E-state index in [0.717, 1.165) is 12.1 Å². The van der Waals surface area contributed by atoms with E-state index in [9.17, 15) is 18.3 Å².